The minimum atomic E-state index is -1.76. The molecule has 1 unspecified atom stereocenters. The van der Waals surface area contributed by atoms with Gasteiger partial charge in [0, 0.05) is 6.20 Å². The lowest BCUT2D eigenvalue weighted by atomic mass is 9.67. The molecular weight excluding hydrogens is 341 g/mol. The summed E-state index contributed by atoms with van der Waals surface area (Å²) in [5.41, 5.74) is -2.00. The summed E-state index contributed by atoms with van der Waals surface area (Å²) in [7, 11) is 0. The van der Waals surface area contributed by atoms with E-state index in [4.69, 9.17) is 23.2 Å². The molecular formula is C16H11Cl2NO4. The maximum atomic E-state index is 12.7. The maximum Gasteiger partial charge on any atom is 0.222 e. The Kier molecular flexibility index (Phi) is 3.46. The fraction of sp³-hybridized carbons (Fsp3) is 0.250. The van der Waals surface area contributed by atoms with Crippen LogP contribution in [0.4, 0.5) is 0 Å². The van der Waals surface area contributed by atoms with E-state index in [0.29, 0.717) is 0 Å². The Labute approximate surface area is 141 Å². The predicted molar refractivity (Wildman–Crippen MR) is 83.5 cm³/mol. The van der Waals surface area contributed by atoms with Crippen LogP contribution in [0.1, 0.15) is 13.8 Å². The number of Topliss-reactive ketones (excluding diaryl/α,β-unsaturated/α-hetero) is 4. The molecule has 0 bridgehead atoms. The summed E-state index contributed by atoms with van der Waals surface area (Å²) in [6, 6.07) is -0.785. The first-order valence-electron chi connectivity index (χ1n) is 6.81. The van der Waals surface area contributed by atoms with Crippen LogP contribution in [0.5, 0.6) is 0 Å². The van der Waals surface area contributed by atoms with E-state index < -0.39 is 44.7 Å². The number of hydrogen-bond donors (Lipinski definition) is 0. The summed E-state index contributed by atoms with van der Waals surface area (Å²) in [6.45, 7) is 2.46. The van der Waals surface area contributed by atoms with E-state index in [0.717, 1.165) is 0 Å². The predicted octanol–water partition coefficient (Wildman–Crippen LogP) is 2.01. The topological polar surface area (TPSA) is 71.5 Å². The number of carbonyl (C=O) groups is 4. The van der Waals surface area contributed by atoms with Crippen molar-refractivity contribution in [2.24, 2.45) is 5.41 Å². The summed E-state index contributed by atoms with van der Waals surface area (Å²) in [4.78, 5) is 51.6. The van der Waals surface area contributed by atoms with Gasteiger partial charge in [0.15, 0.2) is 0 Å². The van der Waals surface area contributed by atoms with Gasteiger partial charge in [-0.15, -0.1) is 0 Å². The molecule has 0 saturated carbocycles. The van der Waals surface area contributed by atoms with Crippen molar-refractivity contribution in [1.29, 1.82) is 0 Å². The molecule has 0 saturated heterocycles. The summed E-state index contributed by atoms with van der Waals surface area (Å²) in [5.74, 6) is -2.46. The summed E-state index contributed by atoms with van der Waals surface area (Å²) in [6.07, 6.45) is 6.46. The number of nitrogens with zero attached hydrogens (tertiary/aromatic N) is 1. The maximum absolute atomic E-state index is 12.7. The number of hydrogen-bond acceptors (Lipinski definition) is 5. The van der Waals surface area contributed by atoms with Crippen molar-refractivity contribution in [1.82, 2.24) is 4.90 Å². The smallest absolute Gasteiger partial charge is 0.222 e. The van der Waals surface area contributed by atoms with Crippen LogP contribution < -0.4 is 0 Å². The number of allylic oxidation sites excluding steroid dienone is 4. The van der Waals surface area contributed by atoms with Gasteiger partial charge in [-0.1, -0.05) is 35.4 Å². The van der Waals surface area contributed by atoms with Crippen LogP contribution in [0.15, 0.2) is 45.8 Å². The molecule has 0 fully saturated rings. The van der Waals surface area contributed by atoms with Crippen molar-refractivity contribution >= 4 is 46.3 Å². The third-order valence-corrected chi connectivity index (χ3v) is 5.25. The number of rotatable bonds is 2. The minimum Gasteiger partial charge on any atom is -0.336 e. The molecule has 7 heteroatoms. The molecule has 0 N–H and O–H groups in total. The molecule has 2 aliphatic heterocycles. The second-order valence-corrected chi connectivity index (χ2v) is 6.26. The van der Waals surface area contributed by atoms with Gasteiger partial charge >= 0.3 is 0 Å². The van der Waals surface area contributed by atoms with Gasteiger partial charge in [-0.3, -0.25) is 19.2 Å². The Balaban J connectivity index is 2.40. The zero-order chi connectivity index (χ0) is 17.1. The van der Waals surface area contributed by atoms with Gasteiger partial charge in [0.05, 0.1) is 17.3 Å². The summed E-state index contributed by atoms with van der Waals surface area (Å²) < 4.78 is 0. The molecule has 1 atom stereocenters. The van der Waals surface area contributed by atoms with Crippen LogP contribution in [0.3, 0.4) is 0 Å². The number of carbonyl (C=O) groups excluding carboxylic acids is 4. The first-order valence-corrected chi connectivity index (χ1v) is 7.56. The lowest BCUT2D eigenvalue weighted by Crippen LogP contribution is -2.50. The van der Waals surface area contributed by atoms with E-state index in [1.165, 1.54) is 18.7 Å². The van der Waals surface area contributed by atoms with Crippen molar-refractivity contribution in [3.8, 4) is 0 Å². The molecule has 0 radical (unpaired) electrons. The van der Waals surface area contributed by atoms with Gasteiger partial charge in [0.25, 0.3) is 0 Å². The standard InChI is InChI=1S/C16H11Cl2NO4/c1-7(20)16(8(2)21)9-5-3-4-6-19(9)13-10(16)14(22)11(17)12(18)15(13)23/h3-6,9H,1-2H3. The van der Waals surface area contributed by atoms with Gasteiger partial charge in [0.2, 0.25) is 11.6 Å². The monoisotopic (exact) mass is 351 g/mol. The van der Waals surface area contributed by atoms with E-state index in [2.05, 4.69) is 0 Å². The van der Waals surface area contributed by atoms with Crippen LogP contribution in [-0.4, -0.2) is 34.1 Å². The van der Waals surface area contributed by atoms with E-state index >= 15 is 0 Å². The van der Waals surface area contributed by atoms with Crippen LogP contribution in [0.2, 0.25) is 0 Å². The molecule has 2 heterocycles. The molecule has 0 aromatic heterocycles. The van der Waals surface area contributed by atoms with Crippen LogP contribution >= 0.6 is 23.2 Å². The van der Waals surface area contributed by atoms with Crippen molar-refractivity contribution < 1.29 is 19.2 Å². The number of halogens is 2. The number of ketones is 4. The SMILES string of the molecule is CC(=O)C1(C(C)=O)C2=C(C(=O)C(Cl)=C(Cl)C2=O)N2C=CC=CC21. The summed E-state index contributed by atoms with van der Waals surface area (Å²) in [5, 5.41) is -0.866. The Morgan fingerprint density at radius 2 is 1.61 bits per heavy atom. The van der Waals surface area contributed by atoms with Crippen LogP contribution in [-0.2, 0) is 19.2 Å². The molecule has 3 aliphatic rings. The normalized spacial score (nSPS) is 25.0. The number of fused-ring (bicyclic) bond motifs is 2. The first kappa shape index (κ1) is 15.9. The quantitative estimate of drug-likeness (QED) is 0.562. The first-order chi connectivity index (χ1) is 10.8. The molecule has 0 aromatic carbocycles. The molecule has 3 rings (SSSR count). The van der Waals surface area contributed by atoms with Crippen molar-refractivity contribution in [3.05, 3.63) is 45.8 Å². The fourth-order valence-electron chi connectivity index (χ4n) is 3.47. The van der Waals surface area contributed by atoms with Gasteiger partial charge in [-0.25, -0.2) is 0 Å². The van der Waals surface area contributed by atoms with Crippen LogP contribution in [0, 0.1) is 5.41 Å². The second kappa shape index (κ2) is 5.01. The lowest BCUT2D eigenvalue weighted by Gasteiger charge is -2.34. The highest BCUT2D eigenvalue weighted by Gasteiger charge is 2.63. The third kappa shape index (κ3) is 1.75. The largest absolute Gasteiger partial charge is 0.336 e. The van der Waals surface area contributed by atoms with E-state index in [9.17, 15) is 19.2 Å². The Morgan fingerprint density at radius 3 is 2.17 bits per heavy atom. The Hall–Kier alpha value is -1.98. The molecule has 23 heavy (non-hydrogen) atoms. The molecule has 5 nitrogen and oxygen atoms in total. The molecule has 0 aromatic rings. The van der Waals surface area contributed by atoms with Gasteiger partial charge in [-0.2, -0.15) is 0 Å². The highest BCUT2D eigenvalue weighted by atomic mass is 35.5. The highest BCUT2D eigenvalue weighted by Crippen LogP contribution is 2.52. The second-order valence-electron chi connectivity index (χ2n) is 5.51. The van der Waals surface area contributed by atoms with Crippen molar-refractivity contribution in [2.75, 3.05) is 0 Å². The third-order valence-electron chi connectivity index (χ3n) is 4.43. The average Bonchev–Trinajstić information content (AvgIpc) is 2.83. The Morgan fingerprint density at radius 1 is 1.04 bits per heavy atom. The van der Waals surface area contributed by atoms with Crippen LogP contribution in [0.25, 0.3) is 0 Å². The zero-order valence-corrected chi connectivity index (χ0v) is 13.7. The Bertz CT molecular complexity index is 802. The van der Waals surface area contributed by atoms with E-state index in [1.54, 1.807) is 24.4 Å². The highest BCUT2D eigenvalue weighted by molar-refractivity contribution is 6.59. The fourth-order valence-corrected chi connectivity index (χ4v) is 3.83. The lowest BCUT2D eigenvalue weighted by molar-refractivity contribution is -0.138. The average molecular weight is 352 g/mol. The summed E-state index contributed by atoms with van der Waals surface area (Å²) >= 11 is 11.7. The molecule has 118 valence electrons. The van der Waals surface area contributed by atoms with Gasteiger partial charge < -0.3 is 4.90 Å². The van der Waals surface area contributed by atoms with E-state index in [1.807, 2.05) is 0 Å². The minimum absolute atomic E-state index is 0.0552. The van der Waals surface area contributed by atoms with Crippen molar-refractivity contribution in [3.63, 3.8) is 0 Å². The molecule has 1 aliphatic carbocycles. The molecule has 0 amide bonds. The van der Waals surface area contributed by atoms with E-state index in [-0.39, 0.29) is 11.3 Å². The van der Waals surface area contributed by atoms with Gasteiger partial charge in [-0.05, 0) is 19.9 Å². The zero-order valence-electron chi connectivity index (χ0n) is 12.2. The van der Waals surface area contributed by atoms with Gasteiger partial charge in [0.1, 0.15) is 27.0 Å². The molecule has 0 spiro atoms. The van der Waals surface area contributed by atoms with Crippen molar-refractivity contribution in [2.45, 2.75) is 19.9 Å².